The van der Waals surface area contributed by atoms with Crippen LogP contribution in [0.4, 0.5) is 5.69 Å². The van der Waals surface area contributed by atoms with Gasteiger partial charge in [-0.1, -0.05) is 17.7 Å². The largest absolute Gasteiger partial charge is 0.423 e. The molecule has 1 aromatic heterocycles. The van der Waals surface area contributed by atoms with E-state index in [9.17, 15) is 4.79 Å². The van der Waals surface area contributed by atoms with Crippen LogP contribution in [0.2, 0.25) is 0 Å². The first kappa shape index (κ1) is 15.7. The summed E-state index contributed by atoms with van der Waals surface area (Å²) in [5.41, 5.74) is 6.37. The number of anilines is 1. The zero-order valence-corrected chi connectivity index (χ0v) is 13.6. The van der Waals surface area contributed by atoms with E-state index in [2.05, 4.69) is 15.6 Å². The number of hydrogen-bond acceptors (Lipinski definition) is 5. The third kappa shape index (κ3) is 3.43. The number of nitrogens with one attached hydrogen (secondary N) is 1. The van der Waals surface area contributed by atoms with Crippen molar-refractivity contribution in [1.82, 2.24) is 15.6 Å². The monoisotopic (exact) mass is 322 g/mol. The van der Waals surface area contributed by atoms with Crippen molar-refractivity contribution < 1.29 is 9.21 Å². The number of nitrogens with zero attached hydrogens (tertiary/aromatic N) is 3. The maximum Gasteiger partial charge on any atom is 0.269 e. The Morgan fingerprint density at radius 1 is 1.12 bits per heavy atom. The van der Waals surface area contributed by atoms with Crippen LogP contribution in [-0.4, -0.2) is 22.6 Å². The van der Waals surface area contributed by atoms with Gasteiger partial charge in [0.05, 0.1) is 5.69 Å². The van der Waals surface area contributed by atoms with Gasteiger partial charge in [0, 0.05) is 17.7 Å². The van der Waals surface area contributed by atoms with Crippen molar-refractivity contribution in [3.63, 3.8) is 0 Å². The lowest BCUT2D eigenvalue weighted by atomic mass is 10.1. The minimum atomic E-state index is -0.172. The second kappa shape index (κ2) is 6.95. The molecule has 3 aromatic rings. The first-order chi connectivity index (χ1) is 11.7. The fraction of sp³-hybridized carbons (Fsp3) is 0.167. The van der Waals surface area contributed by atoms with Gasteiger partial charge in [0.1, 0.15) is 0 Å². The molecule has 0 bridgehead atoms. The first-order valence-corrected chi connectivity index (χ1v) is 7.69. The average Bonchev–Trinajstić information content (AvgIpc) is 3.15. The van der Waals surface area contributed by atoms with Crippen LogP contribution in [-0.2, 0) is 0 Å². The molecule has 1 N–H and O–H groups in total. The molecule has 6 nitrogen and oxygen atoms in total. The van der Waals surface area contributed by atoms with Gasteiger partial charge in [-0.3, -0.25) is 15.2 Å². The molecule has 0 aliphatic carbocycles. The van der Waals surface area contributed by atoms with E-state index in [1.807, 2.05) is 43.1 Å². The van der Waals surface area contributed by atoms with Gasteiger partial charge in [-0.05, 0) is 50.2 Å². The lowest BCUT2D eigenvalue weighted by Gasteiger charge is -2.24. The van der Waals surface area contributed by atoms with Crippen LogP contribution < -0.4 is 10.4 Å². The van der Waals surface area contributed by atoms with E-state index in [-0.39, 0.29) is 5.91 Å². The molecule has 0 atom stereocenters. The summed E-state index contributed by atoms with van der Waals surface area (Å²) < 4.78 is 5.14. The van der Waals surface area contributed by atoms with Crippen LogP contribution >= 0.6 is 0 Å². The number of rotatable bonds is 5. The maximum atomic E-state index is 12.4. The molecule has 3 rings (SSSR count). The number of carbonyl (C=O) groups is 1. The third-order valence-electron chi connectivity index (χ3n) is 3.65. The molecule has 122 valence electrons. The number of hydrogen-bond donors (Lipinski definition) is 1. The average molecular weight is 322 g/mol. The minimum Gasteiger partial charge on any atom is -0.423 e. The highest BCUT2D eigenvalue weighted by Gasteiger charge is 2.12. The van der Waals surface area contributed by atoms with Gasteiger partial charge in [0.15, 0.2) is 0 Å². The number of aromatic nitrogens is 2. The van der Waals surface area contributed by atoms with Crippen LogP contribution in [0, 0.1) is 6.92 Å². The van der Waals surface area contributed by atoms with Crippen LogP contribution in [0.5, 0.6) is 0 Å². The molecule has 1 amide bonds. The summed E-state index contributed by atoms with van der Waals surface area (Å²) in [6, 6.07) is 15.0. The van der Waals surface area contributed by atoms with E-state index in [1.165, 1.54) is 12.0 Å². The first-order valence-electron chi connectivity index (χ1n) is 7.69. The lowest BCUT2D eigenvalue weighted by molar-refractivity contribution is 0.0949. The molecule has 6 heteroatoms. The highest BCUT2D eigenvalue weighted by atomic mass is 16.4. The molecule has 0 radical (unpaired) electrons. The highest BCUT2D eigenvalue weighted by Crippen LogP contribution is 2.17. The van der Waals surface area contributed by atoms with Crippen molar-refractivity contribution in [2.75, 3.05) is 11.6 Å². The Morgan fingerprint density at radius 3 is 2.42 bits per heavy atom. The fourth-order valence-corrected chi connectivity index (χ4v) is 2.30. The molecule has 0 saturated carbocycles. The summed E-state index contributed by atoms with van der Waals surface area (Å²) in [7, 11) is 0. The van der Waals surface area contributed by atoms with Crippen LogP contribution in [0.3, 0.4) is 0 Å². The maximum absolute atomic E-state index is 12.4. The normalized spacial score (nSPS) is 10.4. The van der Waals surface area contributed by atoms with E-state index in [0.29, 0.717) is 18.0 Å². The SMILES string of the molecule is CCN(NC(=O)c1ccc(-c2nnco2)cc1)c1ccc(C)cc1. The predicted molar refractivity (Wildman–Crippen MR) is 91.4 cm³/mol. The van der Waals surface area contributed by atoms with Gasteiger partial charge in [0.2, 0.25) is 12.3 Å². The summed E-state index contributed by atoms with van der Waals surface area (Å²) >= 11 is 0. The smallest absolute Gasteiger partial charge is 0.269 e. The Bertz CT molecular complexity index is 796. The summed E-state index contributed by atoms with van der Waals surface area (Å²) in [5, 5.41) is 9.30. The molecule has 0 unspecified atom stereocenters. The molecule has 0 fully saturated rings. The van der Waals surface area contributed by atoms with E-state index < -0.39 is 0 Å². The summed E-state index contributed by atoms with van der Waals surface area (Å²) in [6.07, 6.45) is 1.27. The quantitative estimate of drug-likeness (QED) is 0.730. The Kier molecular flexibility index (Phi) is 4.56. The molecule has 1 heterocycles. The number of benzene rings is 2. The van der Waals surface area contributed by atoms with E-state index >= 15 is 0 Å². The zero-order valence-electron chi connectivity index (χ0n) is 13.6. The number of carbonyl (C=O) groups excluding carboxylic acids is 1. The zero-order chi connectivity index (χ0) is 16.9. The molecular weight excluding hydrogens is 304 g/mol. The standard InChI is InChI=1S/C18H18N4O2/c1-3-22(16-10-4-13(2)5-11-16)21-17(23)14-6-8-15(9-7-14)18-20-19-12-24-18/h4-12H,3H2,1-2H3,(H,21,23). The molecule has 0 saturated heterocycles. The Balaban J connectivity index is 1.72. The summed E-state index contributed by atoms with van der Waals surface area (Å²) in [5.74, 6) is 0.256. The predicted octanol–water partition coefficient (Wildman–Crippen LogP) is 3.22. The molecule has 0 aliphatic rings. The van der Waals surface area contributed by atoms with Gasteiger partial charge < -0.3 is 4.42 Å². The molecule has 0 spiro atoms. The fourth-order valence-electron chi connectivity index (χ4n) is 2.30. The van der Waals surface area contributed by atoms with Crippen molar-refractivity contribution >= 4 is 11.6 Å². The summed E-state index contributed by atoms with van der Waals surface area (Å²) in [4.78, 5) is 12.4. The minimum absolute atomic E-state index is 0.172. The molecular formula is C18H18N4O2. The van der Waals surface area contributed by atoms with E-state index in [0.717, 1.165) is 11.3 Å². The van der Waals surface area contributed by atoms with Crippen molar-refractivity contribution in [3.8, 4) is 11.5 Å². The second-order valence-electron chi connectivity index (χ2n) is 5.34. The Labute approximate surface area is 140 Å². The summed E-state index contributed by atoms with van der Waals surface area (Å²) in [6.45, 7) is 4.68. The highest BCUT2D eigenvalue weighted by molar-refractivity contribution is 5.95. The van der Waals surface area contributed by atoms with Gasteiger partial charge in [-0.15, -0.1) is 10.2 Å². The van der Waals surface area contributed by atoms with Crippen molar-refractivity contribution in [1.29, 1.82) is 0 Å². The third-order valence-corrected chi connectivity index (χ3v) is 3.65. The van der Waals surface area contributed by atoms with Crippen LogP contribution in [0.1, 0.15) is 22.8 Å². The molecule has 0 aliphatic heterocycles. The Morgan fingerprint density at radius 2 is 1.83 bits per heavy atom. The van der Waals surface area contributed by atoms with Gasteiger partial charge in [0.25, 0.3) is 5.91 Å². The lowest BCUT2D eigenvalue weighted by Crippen LogP contribution is -2.42. The van der Waals surface area contributed by atoms with E-state index in [1.54, 1.807) is 24.3 Å². The number of hydrazine groups is 1. The van der Waals surface area contributed by atoms with Crippen molar-refractivity contribution in [3.05, 3.63) is 66.1 Å². The van der Waals surface area contributed by atoms with Crippen LogP contribution in [0.25, 0.3) is 11.5 Å². The van der Waals surface area contributed by atoms with Gasteiger partial charge in [-0.2, -0.15) is 0 Å². The molecule has 2 aromatic carbocycles. The van der Waals surface area contributed by atoms with E-state index in [4.69, 9.17) is 4.42 Å². The van der Waals surface area contributed by atoms with Crippen LogP contribution in [0.15, 0.2) is 59.3 Å². The number of amides is 1. The number of aryl methyl sites for hydroxylation is 1. The second-order valence-corrected chi connectivity index (χ2v) is 5.34. The van der Waals surface area contributed by atoms with Gasteiger partial charge in [-0.25, -0.2) is 0 Å². The van der Waals surface area contributed by atoms with Gasteiger partial charge >= 0.3 is 0 Å². The van der Waals surface area contributed by atoms with Crippen molar-refractivity contribution in [2.24, 2.45) is 0 Å². The Hall–Kier alpha value is -3.15. The van der Waals surface area contributed by atoms with Crippen molar-refractivity contribution in [2.45, 2.75) is 13.8 Å². The topological polar surface area (TPSA) is 71.3 Å². The molecule has 24 heavy (non-hydrogen) atoms.